The molecule has 0 aromatic heterocycles. The van der Waals surface area contributed by atoms with Crippen LogP contribution in [0, 0.1) is 0 Å². The van der Waals surface area contributed by atoms with Crippen LogP contribution in [-0.4, -0.2) is 36.2 Å². The van der Waals surface area contributed by atoms with Crippen molar-refractivity contribution < 1.29 is 19.4 Å². The molecule has 0 aliphatic carbocycles. The number of carboxylic acid groups (broad SMARTS) is 1. The maximum atomic E-state index is 11.4. The Morgan fingerprint density at radius 2 is 2.00 bits per heavy atom. The lowest BCUT2D eigenvalue weighted by Gasteiger charge is -2.09. The predicted molar refractivity (Wildman–Crippen MR) is 71.2 cm³/mol. The van der Waals surface area contributed by atoms with Crippen LogP contribution in [0.1, 0.15) is 29.8 Å². The number of hydrogen-bond acceptors (Lipinski definition) is 3. The molecule has 0 heterocycles. The van der Waals surface area contributed by atoms with Crippen molar-refractivity contribution in [3.8, 4) is 0 Å². The summed E-state index contributed by atoms with van der Waals surface area (Å²) in [6.45, 7) is 4.13. The molecule has 0 fully saturated rings. The Kier molecular flexibility index (Phi) is 6.02. The van der Waals surface area contributed by atoms with Gasteiger partial charge in [0.1, 0.15) is 6.61 Å². The Bertz CT molecular complexity index is 443. The zero-order valence-corrected chi connectivity index (χ0v) is 11.2. The number of rotatable bonds is 7. The van der Waals surface area contributed by atoms with Crippen molar-refractivity contribution in [1.82, 2.24) is 5.32 Å². The highest BCUT2D eigenvalue weighted by Gasteiger charge is 2.09. The van der Waals surface area contributed by atoms with E-state index >= 15 is 0 Å². The van der Waals surface area contributed by atoms with E-state index in [0.29, 0.717) is 18.5 Å². The van der Waals surface area contributed by atoms with E-state index in [0.717, 1.165) is 0 Å². The first kappa shape index (κ1) is 15.2. The fourth-order valence-electron chi connectivity index (χ4n) is 1.58. The molecule has 1 aromatic carbocycles. The van der Waals surface area contributed by atoms with Gasteiger partial charge in [0.05, 0.1) is 11.7 Å². The highest BCUT2D eigenvalue weighted by molar-refractivity contribution is 5.89. The van der Waals surface area contributed by atoms with Crippen molar-refractivity contribution in [2.24, 2.45) is 0 Å². The molecule has 0 aliphatic heterocycles. The average Bonchev–Trinajstić information content (AvgIpc) is 2.36. The van der Waals surface area contributed by atoms with Crippen LogP contribution in [0.25, 0.3) is 0 Å². The molecule has 0 saturated carbocycles. The van der Waals surface area contributed by atoms with Gasteiger partial charge >= 0.3 is 5.97 Å². The fourth-order valence-corrected chi connectivity index (χ4v) is 1.58. The summed E-state index contributed by atoms with van der Waals surface area (Å²) in [5.74, 6) is -1.15. The molecule has 0 atom stereocenters. The Morgan fingerprint density at radius 3 is 2.63 bits per heavy atom. The number of nitrogens with one attached hydrogen (secondary N) is 1. The molecular weight excluding hydrogens is 246 g/mol. The summed E-state index contributed by atoms with van der Waals surface area (Å²) in [4.78, 5) is 22.4. The molecule has 1 amide bonds. The van der Waals surface area contributed by atoms with Gasteiger partial charge in [-0.1, -0.05) is 18.2 Å². The normalized spacial score (nSPS) is 10.5. The SMILES string of the molecule is CC(C)OCC(=O)NCCc1ccccc1C(=O)O. The van der Waals surface area contributed by atoms with E-state index in [-0.39, 0.29) is 24.2 Å². The third kappa shape index (κ3) is 5.52. The minimum atomic E-state index is -0.954. The van der Waals surface area contributed by atoms with E-state index in [1.54, 1.807) is 24.3 Å². The molecule has 0 radical (unpaired) electrons. The van der Waals surface area contributed by atoms with E-state index in [2.05, 4.69) is 5.32 Å². The monoisotopic (exact) mass is 265 g/mol. The standard InChI is InChI=1S/C14H19NO4/c1-10(2)19-9-13(16)15-8-7-11-5-3-4-6-12(11)14(17)18/h3-6,10H,7-9H2,1-2H3,(H,15,16)(H,17,18). The van der Waals surface area contributed by atoms with Crippen LogP contribution in [0.4, 0.5) is 0 Å². The first-order valence-corrected chi connectivity index (χ1v) is 6.20. The van der Waals surface area contributed by atoms with E-state index in [4.69, 9.17) is 9.84 Å². The summed E-state index contributed by atoms with van der Waals surface area (Å²) in [6.07, 6.45) is 0.495. The second-order valence-electron chi connectivity index (χ2n) is 4.42. The van der Waals surface area contributed by atoms with Crippen molar-refractivity contribution in [1.29, 1.82) is 0 Å². The van der Waals surface area contributed by atoms with Gasteiger partial charge in [-0.3, -0.25) is 4.79 Å². The summed E-state index contributed by atoms with van der Waals surface area (Å²) < 4.78 is 5.16. The van der Waals surface area contributed by atoms with Gasteiger partial charge in [0, 0.05) is 6.54 Å². The smallest absolute Gasteiger partial charge is 0.335 e. The van der Waals surface area contributed by atoms with Crippen LogP contribution in [-0.2, 0) is 16.0 Å². The molecule has 1 rings (SSSR count). The Labute approximate surface area is 112 Å². The number of carboxylic acids is 1. The maximum Gasteiger partial charge on any atom is 0.335 e. The van der Waals surface area contributed by atoms with Crippen LogP contribution in [0.15, 0.2) is 24.3 Å². The third-order valence-electron chi connectivity index (χ3n) is 2.51. The topological polar surface area (TPSA) is 75.6 Å². The number of benzene rings is 1. The minimum absolute atomic E-state index is 0.0125. The van der Waals surface area contributed by atoms with Crippen molar-refractivity contribution in [2.45, 2.75) is 26.4 Å². The largest absolute Gasteiger partial charge is 0.478 e. The van der Waals surface area contributed by atoms with Crippen molar-refractivity contribution in [3.63, 3.8) is 0 Å². The van der Waals surface area contributed by atoms with Gasteiger partial charge < -0.3 is 15.2 Å². The van der Waals surface area contributed by atoms with E-state index in [9.17, 15) is 9.59 Å². The zero-order chi connectivity index (χ0) is 14.3. The first-order valence-electron chi connectivity index (χ1n) is 6.20. The molecule has 1 aromatic rings. The molecule has 2 N–H and O–H groups in total. The molecule has 0 bridgehead atoms. The lowest BCUT2D eigenvalue weighted by atomic mass is 10.0. The Balaban J connectivity index is 2.41. The number of carbonyl (C=O) groups is 2. The van der Waals surface area contributed by atoms with Gasteiger partial charge in [-0.15, -0.1) is 0 Å². The summed E-state index contributed by atoms with van der Waals surface area (Å²) in [7, 11) is 0. The molecule has 0 saturated heterocycles. The number of aromatic carboxylic acids is 1. The summed E-state index contributed by atoms with van der Waals surface area (Å²) in [5, 5.41) is 11.7. The van der Waals surface area contributed by atoms with Crippen molar-refractivity contribution in [3.05, 3.63) is 35.4 Å². The summed E-state index contributed by atoms with van der Waals surface area (Å²) >= 11 is 0. The highest BCUT2D eigenvalue weighted by atomic mass is 16.5. The molecule has 0 aliphatic rings. The first-order chi connectivity index (χ1) is 9.00. The second kappa shape index (κ2) is 7.53. The van der Waals surface area contributed by atoms with Gasteiger partial charge in [0.25, 0.3) is 0 Å². The van der Waals surface area contributed by atoms with Gasteiger partial charge in [-0.25, -0.2) is 4.79 Å². The van der Waals surface area contributed by atoms with Crippen LogP contribution >= 0.6 is 0 Å². The maximum absolute atomic E-state index is 11.4. The lowest BCUT2D eigenvalue weighted by Crippen LogP contribution is -2.30. The van der Waals surface area contributed by atoms with Gasteiger partial charge in [-0.05, 0) is 31.9 Å². The molecule has 0 unspecified atom stereocenters. The second-order valence-corrected chi connectivity index (χ2v) is 4.42. The van der Waals surface area contributed by atoms with Crippen LogP contribution in [0.2, 0.25) is 0 Å². The summed E-state index contributed by atoms with van der Waals surface area (Å²) in [6, 6.07) is 6.77. The van der Waals surface area contributed by atoms with Gasteiger partial charge in [0.15, 0.2) is 0 Å². The van der Waals surface area contributed by atoms with Crippen molar-refractivity contribution >= 4 is 11.9 Å². The Morgan fingerprint density at radius 1 is 1.32 bits per heavy atom. The highest BCUT2D eigenvalue weighted by Crippen LogP contribution is 2.08. The lowest BCUT2D eigenvalue weighted by molar-refractivity contribution is -0.127. The van der Waals surface area contributed by atoms with E-state index in [1.807, 2.05) is 13.8 Å². The third-order valence-corrected chi connectivity index (χ3v) is 2.51. The molecular formula is C14H19NO4. The molecule has 0 spiro atoms. The number of hydrogen-bond donors (Lipinski definition) is 2. The quantitative estimate of drug-likeness (QED) is 0.782. The van der Waals surface area contributed by atoms with Crippen molar-refractivity contribution in [2.75, 3.05) is 13.2 Å². The van der Waals surface area contributed by atoms with Crippen LogP contribution in [0.3, 0.4) is 0 Å². The predicted octanol–water partition coefficient (Wildman–Crippen LogP) is 1.47. The van der Waals surface area contributed by atoms with Crippen LogP contribution in [0.5, 0.6) is 0 Å². The fraction of sp³-hybridized carbons (Fsp3) is 0.429. The molecule has 19 heavy (non-hydrogen) atoms. The van der Waals surface area contributed by atoms with Crippen LogP contribution < -0.4 is 5.32 Å². The number of carbonyl (C=O) groups excluding carboxylic acids is 1. The van der Waals surface area contributed by atoms with Gasteiger partial charge in [0.2, 0.25) is 5.91 Å². The molecule has 104 valence electrons. The Hall–Kier alpha value is -1.88. The molecule has 5 heteroatoms. The minimum Gasteiger partial charge on any atom is -0.478 e. The average molecular weight is 265 g/mol. The molecule has 5 nitrogen and oxygen atoms in total. The van der Waals surface area contributed by atoms with Gasteiger partial charge in [-0.2, -0.15) is 0 Å². The van der Waals surface area contributed by atoms with E-state index in [1.165, 1.54) is 0 Å². The zero-order valence-electron chi connectivity index (χ0n) is 11.2. The van der Waals surface area contributed by atoms with E-state index < -0.39 is 5.97 Å². The number of ether oxygens (including phenoxy) is 1. The summed E-state index contributed by atoms with van der Waals surface area (Å²) in [5.41, 5.74) is 0.982. The number of amides is 1.